The van der Waals surface area contributed by atoms with E-state index in [-0.39, 0.29) is 17.4 Å². The second-order valence-electron chi connectivity index (χ2n) is 14.5. The number of hydrogen-bond donors (Lipinski definition) is 0. The number of ether oxygens (including phenoxy) is 2. The molecule has 0 radical (unpaired) electrons. The molecule has 0 spiro atoms. The topological polar surface area (TPSA) is 35.5 Å². The van der Waals surface area contributed by atoms with Gasteiger partial charge in [-0.05, 0) is 65.2 Å². The highest BCUT2D eigenvalue weighted by atomic mass is 31.1. The Morgan fingerprint density at radius 3 is 1.27 bits per heavy atom. The molecule has 44 heavy (non-hydrogen) atoms. The van der Waals surface area contributed by atoms with Gasteiger partial charge in [0.05, 0.1) is 5.60 Å². The van der Waals surface area contributed by atoms with Crippen LogP contribution in [0.5, 0.6) is 0 Å². The van der Waals surface area contributed by atoms with Crippen LogP contribution in [0.3, 0.4) is 0 Å². The van der Waals surface area contributed by atoms with Gasteiger partial charge in [-0.2, -0.15) is 0 Å². The molecule has 0 aliphatic heterocycles. The number of rotatable bonds is 35. The summed E-state index contributed by atoms with van der Waals surface area (Å²) < 4.78 is 12.3. The summed E-state index contributed by atoms with van der Waals surface area (Å²) in [5.74, 6) is 0. The summed E-state index contributed by atoms with van der Waals surface area (Å²) in [7, 11) is -0.742. The molecule has 0 amide bonds. The average molecular weight is 641 g/mol. The summed E-state index contributed by atoms with van der Waals surface area (Å²) in [5, 5.41) is 0. The first-order chi connectivity index (χ1) is 21.4. The van der Waals surface area contributed by atoms with E-state index in [0.717, 1.165) is 44.9 Å². The van der Waals surface area contributed by atoms with E-state index in [9.17, 15) is 4.79 Å². The molecule has 0 aromatic carbocycles. The zero-order valence-corrected chi connectivity index (χ0v) is 32.1. The van der Waals surface area contributed by atoms with Crippen LogP contribution in [0.2, 0.25) is 0 Å². The summed E-state index contributed by atoms with van der Waals surface area (Å²) in [5.41, 5.74) is 0.0231. The van der Waals surface area contributed by atoms with Crippen LogP contribution >= 0.6 is 7.92 Å². The van der Waals surface area contributed by atoms with Gasteiger partial charge in [-0.1, -0.05) is 168 Å². The number of carbonyl (C=O) groups excluding carboxylic acids is 1. The predicted molar refractivity (Wildman–Crippen MR) is 199 cm³/mol. The van der Waals surface area contributed by atoms with Gasteiger partial charge < -0.3 is 9.47 Å². The molecule has 0 saturated heterocycles. The van der Waals surface area contributed by atoms with Crippen molar-refractivity contribution >= 4 is 13.6 Å². The van der Waals surface area contributed by atoms with E-state index in [1.807, 2.05) is 0 Å². The van der Waals surface area contributed by atoms with E-state index in [2.05, 4.69) is 41.3 Å². The highest BCUT2D eigenvalue weighted by Gasteiger charge is 2.21. The molecule has 0 rings (SSSR count). The van der Waals surface area contributed by atoms with Crippen LogP contribution in [-0.4, -0.2) is 36.8 Å². The normalized spacial score (nSPS) is 12.7. The first-order valence-corrected chi connectivity index (χ1v) is 21.9. The Balaban J connectivity index is 4.29. The minimum Gasteiger partial charge on any atom is -0.459 e. The quantitative estimate of drug-likeness (QED) is 0.0511. The lowest BCUT2D eigenvalue weighted by Gasteiger charge is -2.25. The fourth-order valence-electron chi connectivity index (χ4n) is 6.34. The Morgan fingerprint density at radius 1 is 0.545 bits per heavy atom. The Kier molecular flexibility index (Phi) is 32.7. The molecule has 0 N–H and O–H groups in total. The zero-order chi connectivity index (χ0) is 32.6. The van der Waals surface area contributed by atoms with Crippen LogP contribution in [0.25, 0.3) is 0 Å². The Morgan fingerprint density at radius 2 is 0.909 bits per heavy atom. The van der Waals surface area contributed by atoms with E-state index >= 15 is 0 Å². The van der Waals surface area contributed by atoms with Crippen molar-refractivity contribution in [2.45, 2.75) is 233 Å². The fourth-order valence-corrected chi connectivity index (χ4v) is 7.45. The van der Waals surface area contributed by atoms with Crippen molar-refractivity contribution in [1.82, 2.24) is 0 Å². The molecule has 0 aromatic rings. The first-order valence-electron chi connectivity index (χ1n) is 19.9. The second-order valence-corrected chi connectivity index (χ2v) is 16.7. The summed E-state index contributed by atoms with van der Waals surface area (Å²) in [6, 6.07) is 0. The lowest BCUT2D eigenvalue weighted by Crippen LogP contribution is -2.24. The smallest absolute Gasteiger partial charge is 0.326 e. The van der Waals surface area contributed by atoms with Crippen LogP contribution in [0.1, 0.15) is 221 Å². The summed E-state index contributed by atoms with van der Waals surface area (Å²) in [6.45, 7) is 14.0. The highest BCUT2D eigenvalue weighted by Crippen LogP contribution is 2.35. The molecule has 0 fully saturated rings. The van der Waals surface area contributed by atoms with Crippen molar-refractivity contribution in [3.63, 3.8) is 0 Å². The van der Waals surface area contributed by atoms with Crippen LogP contribution < -0.4 is 0 Å². The van der Waals surface area contributed by atoms with Gasteiger partial charge in [0, 0.05) is 14.5 Å². The van der Waals surface area contributed by atoms with Gasteiger partial charge >= 0.3 is 5.71 Å². The highest BCUT2D eigenvalue weighted by molar-refractivity contribution is 7.73. The van der Waals surface area contributed by atoms with Crippen molar-refractivity contribution < 1.29 is 14.3 Å². The third-order valence-electron chi connectivity index (χ3n) is 9.32. The van der Waals surface area contributed by atoms with Gasteiger partial charge in [-0.3, -0.25) is 0 Å². The fraction of sp³-hybridized carbons (Fsp3) is 0.975. The Hall–Kier alpha value is -0.140. The third kappa shape index (κ3) is 30.5. The van der Waals surface area contributed by atoms with Crippen LogP contribution in [0.15, 0.2) is 0 Å². The molecular formula is C40H81O3P. The monoisotopic (exact) mass is 641 g/mol. The largest absolute Gasteiger partial charge is 0.459 e. The van der Waals surface area contributed by atoms with Gasteiger partial charge in [0.15, 0.2) is 0 Å². The van der Waals surface area contributed by atoms with E-state index in [0.29, 0.717) is 0 Å². The number of carbonyl (C=O) groups is 1. The Labute approximate surface area is 279 Å². The van der Waals surface area contributed by atoms with Gasteiger partial charge in [-0.15, -0.1) is 0 Å². The van der Waals surface area contributed by atoms with Crippen molar-refractivity contribution in [3.8, 4) is 0 Å². The summed E-state index contributed by atoms with van der Waals surface area (Å²) in [4.78, 5) is 13.0. The minimum absolute atomic E-state index is 0.0562. The van der Waals surface area contributed by atoms with E-state index in [1.54, 1.807) is 0 Å². The Bertz CT molecular complexity index is 565. The molecule has 0 bridgehead atoms. The summed E-state index contributed by atoms with van der Waals surface area (Å²) >= 11 is 0. The van der Waals surface area contributed by atoms with E-state index in [1.165, 1.54) is 154 Å². The molecule has 0 aliphatic carbocycles. The maximum atomic E-state index is 13.0. The molecule has 264 valence electrons. The van der Waals surface area contributed by atoms with Gasteiger partial charge in [-0.25, -0.2) is 4.79 Å². The molecule has 4 heteroatoms. The molecule has 1 atom stereocenters. The second kappa shape index (κ2) is 32.8. The van der Waals surface area contributed by atoms with Crippen LogP contribution in [0, 0.1) is 0 Å². The average Bonchev–Trinajstić information content (AvgIpc) is 3.00. The maximum absolute atomic E-state index is 13.0. The van der Waals surface area contributed by atoms with Crippen molar-refractivity contribution in [2.24, 2.45) is 0 Å². The van der Waals surface area contributed by atoms with Gasteiger partial charge in [0.25, 0.3) is 0 Å². The van der Waals surface area contributed by atoms with Crippen LogP contribution in [0.4, 0.5) is 4.79 Å². The van der Waals surface area contributed by atoms with E-state index in [4.69, 9.17) is 9.47 Å². The van der Waals surface area contributed by atoms with Crippen LogP contribution in [-0.2, 0) is 9.47 Å². The molecule has 0 aromatic heterocycles. The summed E-state index contributed by atoms with van der Waals surface area (Å²) in [6.07, 6.45) is 39.2. The molecule has 0 saturated carbocycles. The SMILES string of the molecule is CCCCCCCCCCCCCCC(CCCCCCCCCCCCCC)OC(=O)P(C)CCCOC(C)(C)CCC. The molecule has 1 unspecified atom stereocenters. The molecular weight excluding hydrogens is 559 g/mol. The van der Waals surface area contributed by atoms with Crippen molar-refractivity contribution in [3.05, 3.63) is 0 Å². The van der Waals surface area contributed by atoms with Crippen molar-refractivity contribution in [2.75, 3.05) is 19.4 Å². The molecule has 0 heterocycles. The maximum Gasteiger partial charge on any atom is 0.326 e. The predicted octanol–water partition coefficient (Wildman–Crippen LogP) is 14.8. The van der Waals surface area contributed by atoms with E-state index < -0.39 is 7.92 Å². The first kappa shape index (κ1) is 43.9. The minimum atomic E-state index is -0.742. The lowest BCUT2D eigenvalue weighted by molar-refractivity contribution is -0.0231. The lowest BCUT2D eigenvalue weighted by atomic mass is 10.0. The molecule has 0 aliphatic rings. The standard InChI is InChI=1S/C40H81O3P/c1-7-10-12-14-16-18-20-22-24-26-28-30-33-38(34-31-29-27-25-23-21-19-17-15-13-11-8-2)43-39(41)44(6)37-32-36-42-40(4,5)35-9-3/h38H,7-37H2,1-6H3. The van der Waals surface area contributed by atoms with Gasteiger partial charge in [0.1, 0.15) is 6.10 Å². The number of hydrogen-bond acceptors (Lipinski definition) is 3. The third-order valence-corrected chi connectivity index (χ3v) is 11.0. The van der Waals surface area contributed by atoms with Gasteiger partial charge in [0.2, 0.25) is 0 Å². The molecule has 3 nitrogen and oxygen atoms in total. The number of unbranched alkanes of at least 4 members (excludes halogenated alkanes) is 22. The van der Waals surface area contributed by atoms with Crippen molar-refractivity contribution in [1.29, 1.82) is 0 Å². The zero-order valence-electron chi connectivity index (χ0n) is 31.2.